The van der Waals surface area contributed by atoms with Gasteiger partial charge in [-0.3, -0.25) is 0 Å². The summed E-state index contributed by atoms with van der Waals surface area (Å²) in [5.74, 6) is 0.763. The van der Waals surface area contributed by atoms with Crippen LogP contribution in [0.2, 0.25) is 0 Å². The van der Waals surface area contributed by atoms with Crippen LogP contribution in [0, 0.1) is 5.92 Å². The second-order valence-electron chi connectivity index (χ2n) is 8.61. The molecule has 2 aliphatic heterocycles. The molecule has 2 rings (SSSR count). The molecule has 0 aromatic rings. The third-order valence-electron chi connectivity index (χ3n) is 4.59. The highest BCUT2D eigenvalue weighted by atomic mass is 16.5. The summed E-state index contributed by atoms with van der Waals surface area (Å²) in [5.41, 5.74) is -0.0243. The Labute approximate surface area is 136 Å². The standard InChI is InChI=1S/C18H36N2O2/c1-17(2,3)21-11-10-20-9-7-15(14-20)12-18(4,5)22-16-6-8-19-13-16/h15-16,19H,6-14H2,1-5H3. The SMILES string of the molecule is CC(C)(C)OCCN1CCC(CC(C)(C)OC2CCNC2)C1. The van der Waals surface area contributed by atoms with E-state index < -0.39 is 0 Å². The monoisotopic (exact) mass is 312 g/mol. The number of hydrogen-bond acceptors (Lipinski definition) is 4. The van der Waals surface area contributed by atoms with Crippen molar-refractivity contribution >= 4 is 0 Å². The molecule has 0 spiro atoms. The van der Waals surface area contributed by atoms with E-state index in [0.717, 1.165) is 38.6 Å². The first-order chi connectivity index (χ1) is 10.2. The Morgan fingerprint density at radius 2 is 1.91 bits per heavy atom. The first-order valence-electron chi connectivity index (χ1n) is 8.98. The van der Waals surface area contributed by atoms with Crippen molar-refractivity contribution in [2.24, 2.45) is 5.92 Å². The van der Waals surface area contributed by atoms with Gasteiger partial charge in [-0.15, -0.1) is 0 Å². The van der Waals surface area contributed by atoms with Crippen molar-refractivity contribution in [2.75, 3.05) is 39.3 Å². The van der Waals surface area contributed by atoms with Crippen molar-refractivity contribution in [3.8, 4) is 0 Å². The number of rotatable bonds is 7. The van der Waals surface area contributed by atoms with E-state index >= 15 is 0 Å². The summed E-state index contributed by atoms with van der Waals surface area (Å²) < 4.78 is 12.2. The molecule has 2 saturated heterocycles. The van der Waals surface area contributed by atoms with Crippen LogP contribution in [0.1, 0.15) is 53.9 Å². The predicted octanol–water partition coefficient (Wildman–Crippen LogP) is 2.67. The van der Waals surface area contributed by atoms with Crippen molar-refractivity contribution in [2.45, 2.75) is 71.2 Å². The number of hydrogen-bond donors (Lipinski definition) is 1. The minimum absolute atomic E-state index is 0.000721. The second kappa shape index (κ2) is 7.61. The zero-order valence-electron chi connectivity index (χ0n) is 15.3. The summed E-state index contributed by atoms with van der Waals surface area (Å²) in [6, 6.07) is 0. The molecule has 2 fully saturated rings. The summed E-state index contributed by atoms with van der Waals surface area (Å²) >= 11 is 0. The molecule has 0 saturated carbocycles. The molecule has 0 radical (unpaired) electrons. The van der Waals surface area contributed by atoms with Crippen LogP contribution in [0.4, 0.5) is 0 Å². The fourth-order valence-electron chi connectivity index (χ4n) is 3.69. The highest BCUT2D eigenvalue weighted by Gasteiger charge is 2.32. The zero-order chi connectivity index (χ0) is 16.2. The van der Waals surface area contributed by atoms with Gasteiger partial charge in [0.15, 0.2) is 0 Å². The molecule has 2 heterocycles. The molecule has 4 heteroatoms. The van der Waals surface area contributed by atoms with Crippen LogP contribution >= 0.6 is 0 Å². The highest BCUT2D eigenvalue weighted by Crippen LogP contribution is 2.29. The molecule has 0 aromatic carbocycles. The fourth-order valence-corrected chi connectivity index (χ4v) is 3.69. The van der Waals surface area contributed by atoms with E-state index in [-0.39, 0.29) is 11.2 Å². The van der Waals surface area contributed by atoms with Gasteiger partial charge in [0.05, 0.1) is 23.9 Å². The largest absolute Gasteiger partial charge is 0.375 e. The lowest BCUT2D eigenvalue weighted by molar-refractivity contribution is -0.0748. The van der Waals surface area contributed by atoms with E-state index in [1.807, 2.05) is 0 Å². The van der Waals surface area contributed by atoms with Crippen LogP contribution in [-0.2, 0) is 9.47 Å². The smallest absolute Gasteiger partial charge is 0.0718 e. The quantitative estimate of drug-likeness (QED) is 0.784. The van der Waals surface area contributed by atoms with Gasteiger partial charge in [0.2, 0.25) is 0 Å². The van der Waals surface area contributed by atoms with E-state index in [4.69, 9.17) is 9.47 Å². The molecular formula is C18H36N2O2. The number of likely N-dealkylation sites (tertiary alicyclic amines) is 1. The lowest BCUT2D eigenvalue weighted by Gasteiger charge is -2.31. The first-order valence-corrected chi connectivity index (χ1v) is 8.98. The van der Waals surface area contributed by atoms with Gasteiger partial charge in [-0.25, -0.2) is 0 Å². The summed E-state index contributed by atoms with van der Waals surface area (Å²) in [6.45, 7) is 17.3. The third-order valence-corrected chi connectivity index (χ3v) is 4.59. The summed E-state index contributed by atoms with van der Waals surface area (Å²) in [5, 5.41) is 3.38. The Hall–Kier alpha value is -0.160. The maximum absolute atomic E-state index is 6.32. The van der Waals surface area contributed by atoms with Gasteiger partial charge in [-0.1, -0.05) is 0 Å². The van der Waals surface area contributed by atoms with Crippen molar-refractivity contribution in [3.63, 3.8) is 0 Å². The average molecular weight is 312 g/mol. The molecular weight excluding hydrogens is 276 g/mol. The summed E-state index contributed by atoms with van der Waals surface area (Å²) in [6.07, 6.45) is 4.03. The molecule has 22 heavy (non-hydrogen) atoms. The van der Waals surface area contributed by atoms with Crippen LogP contribution in [0.15, 0.2) is 0 Å². The Bertz CT molecular complexity index is 332. The fraction of sp³-hybridized carbons (Fsp3) is 1.00. The molecule has 4 nitrogen and oxygen atoms in total. The van der Waals surface area contributed by atoms with E-state index in [1.54, 1.807) is 0 Å². The Kier molecular flexibility index (Phi) is 6.29. The van der Waals surface area contributed by atoms with Crippen LogP contribution in [0.25, 0.3) is 0 Å². The topological polar surface area (TPSA) is 33.7 Å². The minimum atomic E-state index is -0.0235. The van der Waals surface area contributed by atoms with Crippen LogP contribution < -0.4 is 5.32 Å². The average Bonchev–Trinajstić information content (AvgIpc) is 2.98. The highest BCUT2D eigenvalue weighted by molar-refractivity contribution is 4.84. The minimum Gasteiger partial charge on any atom is -0.375 e. The maximum atomic E-state index is 6.32. The van der Waals surface area contributed by atoms with Crippen molar-refractivity contribution in [3.05, 3.63) is 0 Å². The van der Waals surface area contributed by atoms with E-state index in [1.165, 1.54) is 25.9 Å². The predicted molar refractivity (Wildman–Crippen MR) is 91.3 cm³/mol. The molecule has 2 aliphatic rings. The summed E-state index contributed by atoms with van der Waals surface area (Å²) in [4.78, 5) is 2.55. The van der Waals surface area contributed by atoms with Gasteiger partial charge < -0.3 is 19.7 Å². The maximum Gasteiger partial charge on any atom is 0.0718 e. The van der Waals surface area contributed by atoms with E-state index in [2.05, 4.69) is 44.8 Å². The Morgan fingerprint density at radius 3 is 2.55 bits per heavy atom. The van der Waals surface area contributed by atoms with Crippen LogP contribution in [0.3, 0.4) is 0 Å². The summed E-state index contributed by atoms with van der Waals surface area (Å²) in [7, 11) is 0. The van der Waals surface area contributed by atoms with Crippen LogP contribution in [-0.4, -0.2) is 61.5 Å². The molecule has 0 amide bonds. The lowest BCUT2D eigenvalue weighted by atomic mass is 9.92. The second-order valence-corrected chi connectivity index (χ2v) is 8.61. The molecule has 2 atom stereocenters. The molecule has 0 bridgehead atoms. The lowest BCUT2D eigenvalue weighted by Crippen LogP contribution is -2.35. The van der Waals surface area contributed by atoms with Gasteiger partial charge in [0.1, 0.15) is 0 Å². The van der Waals surface area contributed by atoms with Crippen molar-refractivity contribution < 1.29 is 9.47 Å². The van der Waals surface area contributed by atoms with Gasteiger partial charge in [-0.2, -0.15) is 0 Å². The first kappa shape index (κ1) is 18.2. The van der Waals surface area contributed by atoms with Crippen molar-refractivity contribution in [1.82, 2.24) is 10.2 Å². The van der Waals surface area contributed by atoms with Gasteiger partial charge in [0, 0.05) is 19.6 Å². The number of nitrogens with one attached hydrogen (secondary N) is 1. The number of ether oxygens (including phenoxy) is 2. The molecule has 2 unspecified atom stereocenters. The normalized spacial score (nSPS) is 27.7. The molecule has 0 aromatic heterocycles. The van der Waals surface area contributed by atoms with Crippen molar-refractivity contribution in [1.29, 1.82) is 0 Å². The zero-order valence-corrected chi connectivity index (χ0v) is 15.3. The molecule has 1 N–H and O–H groups in total. The third kappa shape index (κ3) is 6.53. The van der Waals surface area contributed by atoms with Gasteiger partial charge in [0.25, 0.3) is 0 Å². The molecule has 130 valence electrons. The molecule has 0 aliphatic carbocycles. The Morgan fingerprint density at radius 1 is 1.14 bits per heavy atom. The van der Waals surface area contributed by atoms with E-state index in [0.29, 0.717) is 6.10 Å². The Balaban J connectivity index is 1.66. The van der Waals surface area contributed by atoms with Gasteiger partial charge in [-0.05, 0) is 72.9 Å². The van der Waals surface area contributed by atoms with Gasteiger partial charge >= 0.3 is 0 Å². The van der Waals surface area contributed by atoms with Crippen LogP contribution in [0.5, 0.6) is 0 Å². The number of nitrogens with zero attached hydrogens (tertiary/aromatic N) is 1. The van der Waals surface area contributed by atoms with E-state index in [9.17, 15) is 0 Å².